The molecule has 28 heavy (non-hydrogen) atoms. The van der Waals surface area contributed by atoms with E-state index in [1.54, 1.807) is 56.3 Å². The maximum absolute atomic E-state index is 12.3. The first-order valence-electron chi connectivity index (χ1n) is 8.74. The van der Waals surface area contributed by atoms with Gasteiger partial charge in [0, 0.05) is 17.5 Å². The standard InChI is InChI=1S/C21H23ClO6/c1-15(23)27-19-7-5-4-6-16(19)14-25-12-13-26-20(24)21(2,3)28-18-10-8-17(22)9-11-18/h4-11H,12-14H2,1-3H3. The summed E-state index contributed by atoms with van der Waals surface area (Å²) in [6.45, 7) is 5.08. The van der Waals surface area contributed by atoms with Crippen molar-refractivity contribution in [2.45, 2.75) is 33.0 Å². The minimum Gasteiger partial charge on any atom is -0.476 e. The maximum atomic E-state index is 12.3. The second kappa shape index (κ2) is 10.1. The van der Waals surface area contributed by atoms with E-state index < -0.39 is 17.5 Å². The van der Waals surface area contributed by atoms with Crippen LogP contribution in [0.5, 0.6) is 11.5 Å². The number of para-hydroxylation sites is 1. The van der Waals surface area contributed by atoms with Crippen LogP contribution in [-0.2, 0) is 25.7 Å². The van der Waals surface area contributed by atoms with Gasteiger partial charge in [0.15, 0.2) is 5.60 Å². The summed E-state index contributed by atoms with van der Waals surface area (Å²) in [4.78, 5) is 23.4. The fourth-order valence-electron chi connectivity index (χ4n) is 2.27. The van der Waals surface area contributed by atoms with Gasteiger partial charge in [-0.15, -0.1) is 0 Å². The van der Waals surface area contributed by atoms with Crippen LogP contribution in [-0.4, -0.2) is 30.8 Å². The smallest absolute Gasteiger partial charge is 0.349 e. The normalized spacial score (nSPS) is 11.0. The summed E-state index contributed by atoms with van der Waals surface area (Å²) >= 11 is 5.84. The molecule has 0 N–H and O–H groups in total. The highest BCUT2D eigenvalue weighted by atomic mass is 35.5. The number of esters is 2. The number of rotatable bonds is 9. The van der Waals surface area contributed by atoms with Crippen LogP contribution in [0.3, 0.4) is 0 Å². The van der Waals surface area contributed by atoms with E-state index in [4.69, 9.17) is 30.5 Å². The monoisotopic (exact) mass is 406 g/mol. The second-order valence-corrected chi connectivity index (χ2v) is 6.89. The molecule has 0 spiro atoms. The molecule has 7 heteroatoms. The predicted octanol–water partition coefficient (Wildman–Crippen LogP) is 4.18. The van der Waals surface area contributed by atoms with E-state index in [0.717, 1.165) is 5.56 Å². The van der Waals surface area contributed by atoms with Crippen molar-refractivity contribution in [3.63, 3.8) is 0 Å². The van der Waals surface area contributed by atoms with Crippen molar-refractivity contribution in [3.8, 4) is 11.5 Å². The third-order valence-electron chi connectivity index (χ3n) is 3.62. The zero-order valence-electron chi connectivity index (χ0n) is 16.1. The van der Waals surface area contributed by atoms with Gasteiger partial charge in [-0.2, -0.15) is 0 Å². The van der Waals surface area contributed by atoms with E-state index in [1.807, 2.05) is 6.07 Å². The Balaban J connectivity index is 1.76. The van der Waals surface area contributed by atoms with Gasteiger partial charge >= 0.3 is 11.9 Å². The Morgan fingerprint density at radius 3 is 2.36 bits per heavy atom. The summed E-state index contributed by atoms with van der Waals surface area (Å²) in [6.07, 6.45) is 0. The summed E-state index contributed by atoms with van der Waals surface area (Å²) < 4.78 is 21.5. The lowest BCUT2D eigenvalue weighted by Crippen LogP contribution is -2.40. The number of carbonyl (C=O) groups is 2. The van der Waals surface area contributed by atoms with Crippen LogP contribution in [0.15, 0.2) is 48.5 Å². The first-order valence-corrected chi connectivity index (χ1v) is 9.11. The molecule has 0 saturated carbocycles. The fourth-order valence-corrected chi connectivity index (χ4v) is 2.39. The lowest BCUT2D eigenvalue weighted by molar-refractivity contribution is -0.161. The quantitative estimate of drug-likeness (QED) is 0.353. The molecular formula is C21H23ClO6. The molecule has 2 aromatic rings. The Bertz CT molecular complexity index is 801. The Kier molecular flexibility index (Phi) is 7.84. The van der Waals surface area contributed by atoms with Gasteiger partial charge in [0.1, 0.15) is 18.1 Å². The molecule has 0 bridgehead atoms. The van der Waals surface area contributed by atoms with Crippen molar-refractivity contribution >= 4 is 23.5 Å². The summed E-state index contributed by atoms with van der Waals surface area (Å²) in [5, 5.41) is 0.583. The molecule has 0 amide bonds. The van der Waals surface area contributed by atoms with Crippen LogP contribution >= 0.6 is 11.6 Å². The number of halogens is 1. The topological polar surface area (TPSA) is 71.1 Å². The first kappa shape index (κ1) is 21.7. The molecule has 0 fully saturated rings. The molecule has 0 aromatic heterocycles. The molecule has 0 radical (unpaired) electrons. The third-order valence-corrected chi connectivity index (χ3v) is 3.87. The Hall–Kier alpha value is -2.57. The molecule has 0 aliphatic rings. The Labute approximate surface area is 169 Å². The van der Waals surface area contributed by atoms with Gasteiger partial charge in [0.05, 0.1) is 13.2 Å². The molecule has 0 aliphatic heterocycles. The van der Waals surface area contributed by atoms with Gasteiger partial charge in [-0.25, -0.2) is 4.79 Å². The molecule has 0 atom stereocenters. The van der Waals surface area contributed by atoms with E-state index >= 15 is 0 Å². The maximum Gasteiger partial charge on any atom is 0.349 e. The molecule has 2 aromatic carbocycles. The summed E-state index contributed by atoms with van der Waals surface area (Å²) in [5.74, 6) is 0.0600. The van der Waals surface area contributed by atoms with Crippen molar-refractivity contribution in [2.24, 2.45) is 0 Å². The highest BCUT2D eigenvalue weighted by Crippen LogP contribution is 2.22. The van der Waals surface area contributed by atoms with E-state index in [0.29, 0.717) is 16.5 Å². The fraction of sp³-hybridized carbons (Fsp3) is 0.333. The number of carbonyl (C=O) groups excluding carboxylic acids is 2. The van der Waals surface area contributed by atoms with Crippen LogP contribution in [0, 0.1) is 0 Å². The molecule has 2 rings (SSSR count). The number of ether oxygens (including phenoxy) is 4. The van der Waals surface area contributed by atoms with E-state index in [1.165, 1.54) is 6.92 Å². The van der Waals surface area contributed by atoms with Crippen molar-refractivity contribution in [1.82, 2.24) is 0 Å². The molecule has 0 heterocycles. The average molecular weight is 407 g/mol. The zero-order chi connectivity index (χ0) is 20.6. The van der Waals surface area contributed by atoms with Gasteiger partial charge < -0.3 is 18.9 Å². The zero-order valence-corrected chi connectivity index (χ0v) is 16.8. The minimum atomic E-state index is -1.16. The predicted molar refractivity (Wildman–Crippen MR) is 105 cm³/mol. The number of hydrogen-bond donors (Lipinski definition) is 0. The number of hydrogen-bond acceptors (Lipinski definition) is 6. The SMILES string of the molecule is CC(=O)Oc1ccccc1COCCOC(=O)C(C)(C)Oc1ccc(Cl)cc1. The summed E-state index contributed by atoms with van der Waals surface area (Å²) in [5.41, 5.74) is -0.425. The lowest BCUT2D eigenvalue weighted by atomic mass is 10.1. The lowest BCUT2D eigenvalue weighted by Gasteiger charge is -2.24. The Morgan fingerprint density at radius 2 is 1.68 bits per heavy atom. The molecule has 0 unspecified atom stereocenters. The van der Waals surface area contributed by atoms with Crippen molar-refractivity contribution < 1.29 is 28.5 Å². The minimum absolute atomic E-state index is 0.0714. The van der Waals surface area contributed by atoms with Crippen molar-refractivity contribution in [1.29, 1.82) is 0 Å². The van der Waals surface area contributed by atoms with Gasteiger partial charge in [-0.3, -0.25) is 4.79 Å². The van der Waals surface area contributed by atoms with Crippen molar-refractivity contribution in [3.05, 3.63) is 59.1 Å². The van der Waals surface area contributed by atoms with Gasteiger partial charge in [-0.05, 0) is 44.2 Å². The first-order chi connectivity index (χ1) is 13.3. The molecular weight excluding hydrogens is 384 g/mol. The van der Waals surface area contributed by atoms with Crippen molar-refractivity contribution in [2.75, 3.05) is 13.2 Å². The highest BCUT2D eigenvalue weighted by Gasteiger charge is 2.31. The largest absolute Gasteiger partial charge is 0.476 e. The molecule has 0 saturated heterocycles. The Morgan fingerprint density at radius 1 is 1.00 bits per heavy atom. The number of benzene rings is 2. The van der Waals surface area contributed by atoms with Gasteiger partial charge in [0.2, 0.25) is 0 Å². The summed E-state index contributed by atoms with van der Waals surface area (Å²) in [7, 11) is 0. The van der Waals surface area contributed by atoms with Gasteiger partial charge in [0.25, 0.3) is 0 Å². The van der Waals surface area contributed by atoms with Crippen LogP contribution in [0.1, 0.15) is 26.3 Å². The van der Waals surface area contributed by atoms with Gasteiger partial charge in [-0.1, -0.05) is 29.8 Å². The highest BCUT2D eigenvalue weighted by molar-refractivity contribution is 6.30. The molecule has 0 aliphatic carbocycles. The average Bonchev–Trinajstić information content (AvgIpc) is 2.64. The second-order valence-electron chi connectivity index (χ2n) is 6.46. The summed E-state index contributed by atoms with van der Waals surface area (Å²) in [6, 6.07) is 13.8. The molecule has 150 valence electrons. The third kappa shape index (κ3) is 6.87. The van der Waals surface area contributed by atoms with Crippen LogP contribution in [0.4, 0.5) is 0 Å². The molecule has 6 nitrogen and oxygen atoms in total. The van der Waals surface area contributed by atoms with E-state index in [2.05, 4.69) is 0 Å². The van der Waals surface area contributed by atoms with E-state index in [9.17, 15) is 9.59 Å². The van der Waals surface area contributed by atoms with Crippen LogP contribution in [0.25, 0.3) is 0 Å². The van der Waals surface area contributed by atoms with Crippen LogP contribution in [0.2, 0.25) is 5.02 Å². The van der Waals surface area contributed by atoms with E-state index in [-0.39, 0.29) is 19.8 Å². The van der Waals surface area contributed by atoms with Crippen LogP contribution < -0.4 is 9.47 Å².